The molecule has 0 unspecified atom stereocenters. The van der Waals surface area contributed by atoms with E-state index in [-0.39, 0.29) is 0 Å². The number of rotatable bonds is 3. The van der Waals surface area contributed by atoms with Crippen LogP contribution in [0.15, 0.2) is 10.7 Å². The van der Waals surface area contributed by atoms with E-state index in [9.17, 15) is 0 Å². The van der Waals surface area contributed by atoms with Crippen molar-refractivity contribution in [3.05, 3.63) is 17.7 Å². The highest BCUT2D eigenvalue weighted by Crippen LogP contribution is 2.44. The van der Waals surface area contributed by atoms with Gasteiger partial charge in [-0.15, -0.1) is 0 Å². The molecule has 0 amide bonds. The van der Waals surface area contributed by atoms with Crippen LogP contribution in [0.2, 0.25) is 0 Å². The van der Waals surface area contributed by atoms with Crippen LogP contribution in [0.5, 0.6) is 0 Å². The van der Waals surface area contributed by atoms with Crippen molar-refractivity contribution < 1.29 is 4.52 Å². The Morgan fingerprint density at radius 3 is 2.80 bits per heavy atom. The zero-order valence-corrected chi connectivity index (χ0v) is 11.7. The molecule has 2 aliphatic rings. The van der Waals surface area contributed by atoms with Crippen molar-refractivity contribution in [1.29, 1.82) is 0 Å². The van der Waals surface area contributed by atoms with E-state index < -0.39 is 5.54 Å². The van der Waals surface area contributed by atoms with Crippen LogP contribution in [0.1, 0.15) is 56.0 Å². The third-order valence-corrected chi connectivity index (χ3v) is 4.55. The number of aryl methyl sites for hydroxylation is 1. The van der Waals surface area contributed by atoms with Crippen molar-refractivity contribution in [1.82, 2.24) is 19.9 Å². The molecule has 0 bridgehead atoms. The lowest BCUT2D eigenvalue weighted by Gasteiger charge is -2.17. The molecule has 0 spiro atoms. The van der Waals surface area contributed by atoms with Gasteiger partial charge in [-0.2, -0.15) is 10.1 Å². The molecule has 6 heteroatoms. The molecule has 0 radical (unpaired) electrons. The third-order valence-electron chi connectivity index (χ3n) is 4.55. The fourth-order valence-electron chi connectivity index (χ4n) is 3.22. The first kappa shape index (κ1) is 12.1. The summed E-state index contributed by atoms with van der Waals surface area (Å²) in [7, 11) is 1.97. The molecule has 0 aliphatic heterocycles. The Morgan fingerprint density at radius 1 is 1.35 bits per heavy atom. The molecule has 0 aromatic carbocycles. The number of hydrogen-bond donors (Lipinski definition) is 1. The average Bonchev–Trinajstić information content (AvgIpc) is 2.87. The molecule has 4 rings (SSSR count). The van der Waals surface area contributed by atoms with E-state index in [1.807, 2.05) is 17.9 Å². The van der Waals surface area contributed by atoms with E-state index in [0.29, 0.717) is 17.6 Å². The second kappa shape index (κ2) is 4.15. The second-order valence-electron chi connectivity index (χ2n) is 6.13. The molecule has 2 aliphatic carbocycles. The first-order chi connectivity index (χ1) is 9.67. The summed E-state index contributed by atoms with van der Waals surface area (Å²) in [5, 5.41) is 8.46. The molecule has 0 atom stereocenters. The minimum Gasteiger partial charge on any atom is -0.334 e. The molecule has 0 saturated heterocycles. The van der Waals surface area contributed by atoms with Crippen molar-refractivity contribution >= 4 is 0 Å². The maximum absolute atomic E-state index is 6.38. The fraction of sp³-hybridized carbons (Fsp3) is 0.643. The van der Waals surface area contributed by atoms with Gasteiger partial charge in [0.05, 0.1) is 23.0 Å². The van der Waals surface area contributed by atoms with E-state index in [0.717, 1.165) is 31.2 Å². The van der Waals surface area contributed by atoms with Gasteiger partial charge in [0.2, 0.25) is 0 Å². The average molecular weight is 273 g/mol. The maximum Gasteiger partial charge on any atom is 0.261 e. The van der Waals surface area contributed by atoms with Gasteiger partial charge in [0.15, 0.2) is 5.82 Å². The summed E-state index contributed by atoms with van der Waals surface area (Å²) in [4.78, 5) is 4.56. The van der Waals surface area contributed by atoms with Gasteiger partial charge in [-0.1, -0.05) is 18.0 Å². The zero-order chi connectivity index (χ0) is 13.7. The monoisotopic (exact) mass is 273 g/mol. The predicted octanol–water partition coefficient (Wildman–Crippen LogP) is 2.08. The lowest BCUT2D eigenvalue weighted by atomic mass is 9.99. The van der Waals surface area contributed by atoms with E-state index in [4.69, 9.17) is 10.3 Å². The first-order valence-corrected chi connectivity index (χ1v) is 7.33. The van der Waals surface area contributed by atoms with Crippen molar-refractivity contribution in [2.75, 3.05) is 0 Å². The standard InChI is InChI=1S/C14H19N5O/c1-19-11(9-4-5-9)10(8-16-19)12-17-13(18-20-12)14(15)6-2-3-7-14/h8-9H,2-7,15H2,1H3. The Kier molecular flexibility index (Phi) is 2.51. The summed E-state index contributed by atoms with van der Waals surface area (Å²) in [6, 6.07) is 0. The van der Waals surface area contributed by atoms with Gasteiger partial charge in [-0.25, -0.2) is 0 Å². The smallest absolute Gasteiger partial charge is 0.261 e. The van der Waals surface area contributed by atoms with Crippen LogP contribution in [0.3, 0.4) is 0 Å². The van der Waals surface area contributed by atoms with Gasteiger partial charge < -0.3 is 10.3 Å². The highest BCUT2D eigenvalue weighted by molar-refractivity contribution is 5.57. The van der Waals surface area contributed by atoms with Gasteiger partial charge in [-0.3, -0.25) is 4.68 Å². The Labute approximate surface area is 117 Å². The number of hydrogen-bond acceptors (Lipinski definition) is 5. The molecule has 2 fully saturated rings. The first-order valence-electron chi connectivity index (χ1n) is 7.33. The van der Waals surface area contributed by atoms with E-state index in [2.05, 4.69) is 15.2 Å². The van der Waals surface area contributed by atoms with Crippen LogP contribution < -0.4 is 5.73 Å². The molecule has 2 heterocycles. The van der Waals surface area contributed by atoms with E-state index >= 15 is 0 Å². The molecule has 2 aromatic rings. The number of nitrogens with zero attached hydrogens (tertiary/aromatic N) is 4. The SMILES string of the molecule is Cn1ncc(-c2nc(C3(N)CCCC3)no2)c1C1CC1. The van der Waals surface area contributed by atoms with Crippen molar-refractivity contribution in [2.45, 2.75) is 50.0 Å². The maximum atomic E-state index is 6.38. The largest absolute Gasteiger partial charge is 0.334 e. The molecule has 106 valence electrons. The Balaban J connectivity index is 1.71. The van der Waals surface area contributed by atoms with Crippen LogP contribution in [0, 0.1) is 0 Å². The van der Waals surface area contributed by atoms with Gasteiger partial charge in [0, 0.05) is 13.0 Å². The van der Waals surface area contributed by atoms with Gasteiger partial charge in [0.1, 0.15) is 0 Å². The van der Waals surface area contributed by atoms with Gasteiger partial charge in [-0.05, 0) is 25.7 Å². The van der Waals surface area contributed by atoms with Crippen LogP contribution >= 0.6 is 0 Å². The van der Waals surface area contributed by atoms with Crippen LogP contribution in [0.4, 0.5) is 0 Å². The van der Waals surface area contributed by atoms with Crippen molar-refractivity contribution in [2.24, 2.45) is 12.8 Å². The summed E-state index contributed by atoms with van der Waals surface area (Å²) in [6.07, 6.45) is 8.41. The summed E-state index contributed by atoms with van der Waals surface area (Å²) in [5.74, 6) is 1.80. The predicted molar refractivity (Wildman–Crippen MR) is 72.8 cm³/mol. The number of nitrogens with two attached hydrogens (primary N) is 1. The zero-order valence-electron chi connectivity index (χ0n) is 11.7. The fourth-order valence-corrected chi connectivity index (χ4v) is 3.22. The lowest BCUT2D eigenvalue weighted by molar-refractivity contribution is 0.372. The highest BCUT2D eigenvalue weighted by Gasteiger charge is 2.37. The van der Waals surface area contributed by atoms with Crippen LogP contribution in [0.25, 0.3) is 11.5 Å². The second-order valence-corrected chi connectivity index (χ2v) is 6.13. The van der Waals surface area contributed by atoms with Gasteiger partial charge >= 0.3 is 0 Å². The van der Waals surface area contributed by atoms with Crippen LogP contribution in [-0.2, 0) is 12.6 Å². The molecule has 2 N–H and O–H groups in total. The molecular weight excluding hydrogens is 254 g/mol. The Bertz CT molecular complexity index is 634. The minimum absolute atomic E-state index is 0.399. The quantitative estimate of drug-likeness (QED) is 0.925. The third kappa shape index (κ3) is 1.78. The number of aromatic nitrogens is 4. The topological polar surface area (TPSA) is 82.8 Å². The Morgan fingerprint density at radius 2 is 2.10 bits per heavy atom. The lowest BCUT2D eigenvalue weighted by Crippen LogP contribution is -2.34. The minimum atomic E-state index is -0.399. The summed E-state index contributed by atoms with van der Waals surface area (Å²) < 4.78 is 7.39. The van der Waals surface area contributed by atoms with Crippen LogP contribution in [-0.4, -0.2) is 19.9 Å². The molecule has 6 nitrogen and oxygen atoms in total. The highest BCUT2D eigenvalue weighted by atomic mass is 16.5. The molecular formula is C14H19N5O. The normalized spacial score (nSPS) is 21.5. The summed E-state index contributed by atoms with van der Waals surface area (Å²) >= 11 is 0. The van der Waals surface area contributed by atoms with Crippen molar-refractivity contribution in [3.8, 4) is 11.5 Å². The summed E-state index contributed by atoms with van der Waals surface area (Å²) in [6.45, 7) is 0. The summed E-state index contributed by atoms with van der Waals surface area (Å²) in [5.41, 5.74) is 8.16. The van der Waals surface area contributed by atoms with E-state index in [1.165, 1.54) is 18.5 Å². The Hall–Kier alpha value is -1.69. The van der Waals surface area contributed by atoms with Crippen molar-refractivity contribution in [3.63, 3.8) is 0 Å². The molecule has 20 heavy (non-hydrogen) atoms. The molecule has 2 aromatic heterocycles. The molecule has 2 saturated carbocycles. The van der Waals surface area contributed by atoms with Gasteiger partial charge in [0.25, 0.3) is 5.89 Å². The van der Waals surface area contributed by atoms with E-state index in [1.54, 1.807) is 0 Å².